The SMILES string of the molecule is Nc1cnc(NC2CN3CCC2CC3)c(Cl)c1. The number of nitrogens with one attached hydrogen (secondary N) is 1. The van der Waals surface area contributed by atoms with E-state index < -0.39 is 0 Å². The maximum atomic E-state index is 6.13. The Kier molecular flexibility index (Phi) is 2.84. The quantitative estimate of drug-likeness (QED) is 0.843. The molecule has 0 spiro atoms. The van der Waals surface area contributed by atoms with Crippen LogP contribution in [0.2, 0.25) is 5.02 Å². The van der Waals surface area contributed by atoms with Gasteiger partial charge >= 0.3 is 0 Å². The number of nitrogens with zero attached hydrogens (tertiary/aromatic N) is 2. The van der Waals surface area contributed by atoms with Crippen molar-refractivity contribution in [3.63, 3.8) is 0 Å². The van der Waals surface area contributed by atoms with E-state index in [1.807, 2.05) is 0 Å². The third kappa shape index (κ3) is 2.19. The van der Waals surface area contributed by atoms with Gasteiger partial charge in [-0.1, -0.05) is 11.6 Å². The molecule has 1 unspecified atom stereocenters. The van der Waals surface area contributed by atoms with E-state index >= 15 is 0 Å². The lowest BCUT2D eigenvalue weighted by molar-refractivity contribution is 0.0974. The van der Waals surface area contributed by atoms with Crippen molar-refractivity contribution in [3.05, 3.63) is 17.3 Å². The number of hydrogen-bond acceptors (Lipinski definition) is 4. The van der Waals surface area contributed by atoms with Gasteiger partial charge in [-0.15, -0.1) is 0 Å². The number of nitrogen functional groups attached to an aromatic ring is 1. The first-order chi connectivity index (χ1) is 8.22. The summed E-state index contributed by atoms with van der Waals surface area (Å²) in [5.41, 5.74) is 6.24. The minimum absolute atomic E-state index is 0.478. The summed E-state index contributed by atoms with van der Waals surface area (Å²) in [5.74, 6) is 1.52. The second-order valence-corrected chi connectivity index (χ2v) is 5.40. The predicted octanol–water partition coefficient (Wildman–Crippen LogP) is 1.82. The molecule has 0 radical (unpaired) electrons. The molecule has 0 saturated carbocycles. The van der Waals surface area contributed by atoms with Crippen LogP contribution in [0.5, 0.6) is 0 Å². The minimum atomic E-state index is 0.478. The van der Waals surface area contributed by atoms with Crippen LogP contribution in [-0.2, 0) is 0 Å². The first kappa shape index (κ1) is 11.1. The molecule has 0 aliphatic carbocycles. The van der Waals surface area contributed by atoms with E-state index in [2.05, 4.69) is 15.2 Å². The summed E-state index contributed by atoms with van der Waals surface area (Å²) < 4.78 is 0. The predicted molar refractivity (Wildman–Crippen MR) is 70.2 cm³/mol. The minimum Gasteiger partial charge on any atom is -0.397 e. The van der Waals surface area contributed by atoms with Crippen LogP contribution in [0.1, 0.15) is 12.8 Å². The van der Waals surface area contributed by atoms with Gasteiger partial charge in [0.15, 0.2) is 0 Å². The Morgan fingerprint density at radius 1 is 1.41 bits per heavy atom. The Morgan fingerprint density at radius 2 is 2.18 bits per heavy atom. The summed E-state index contributed by atoms with van der Waals surface area (Å²) in [6.07, 6.45) is 4.21. The van der Waals surface area contributed by atoms with E-state index in [0.717, 1.165) is 18.3 Å². The van der Waals surface area contributed by atoms with Crippen molar-refractivity contribution in [2.24, 2.45) is 5.92 Å². The molecule has 3 aliphatic heterocycles. The van der Waals surface area contributed by atoms with Gasteiger partial charge < -0.3 is 16.0 Å². The standard InChI is InChI=1S/C12H17ClN4/c13-10-5-9(14)6-15-12(10)16-11-7-17-3-1-8(11)2-4-17/h5-6,8,11H,1-4,7,14H2,(H,15,16). The van der Waals surface area contributed by atoms with Crippen molar-refractivity contribution in [3.8, 4) is 0 Å². The van der Waals surface area contributed by atoms with Crippen molar-refractivity contribution >= 4 is 23.1 Å². The Balaban J connectivity index is 1.74. The van der Waals surface area contributed by atoms with Gasteiger partial charge in [0.1, 0.15) is 5.82 Å². The summed E-state index contributed by atoms with van der Waals surface area (Å²) in [6.45, 7) is 3.59. The summed E-state index contributed by atoms with van der Waals surface area (Å²) in [7, 11) is 0. The maximum Gasteiger partial charge on any atom is 0.145 e. The van der Waals surface area contributed by atoms with E-state index in [1.165, 1.54) is 25.9 Å². The molecule has 92 valence electrons. The number of rotatable bonds is 2. The number of hydrogen-bond donors (Lipinski definition) is 2. The van der Waals surface area contributed by atoms with Crippen LogP contribution >= 0.6 is 11.6 Å². The Bertz CT molecular complexity index is 415. The van der Waals surface area contributed by atoms with Crippen molar-refractivity contribution in [2.75, 3.05) is 30.7 Å². The maximum absolute atomic E-state index is 6.13. The monoisotopic (exact) mass is 252 g/mol. The fraction of sp³-hybridized carbons (Fsp3) is 0.583. The molecule has 4 heterocycles. The van der Waals surface area contributed by atoms with Gasteiger partial charge in [-0.05, 0) is 37.9 Å². The van der Waals surface area contributed by atoms with Gasteiger partial charge in [-0.2, -0.15) is 0 Å². The fourth-order valence-electron chi connectivity index (χ4n) is 2.86. The highest BCUT2D eigenvalue weighted by molar-refractivity contribution is 6.33. The molecular weight excluding hydrogens is 236 g/mol. The number of pyridine rings is 1. The highest BCUT2D eigenvalue weighted by Gasteiger charge is 2.34. The van der Waals surface area contributed by atoms with E-state index in [-0.39, 0.29) is 0 Å². The lowest BCUT2D eigenvalue weighted by Crippen LogP contribution is -2.53. The Hall–Kier alpha value is -1.00. The molecular formula is C12H17ClN4. The van der Waals surface area contributed by atoms with Crippen LogP contribution in [0, 0.1) is 5.92 Å². The van der Waals surface area contributed by atoms with Crippen LogP contribution in [-0.4, -0.2) is 35.6 Å². The van der Waals surface area contributed by atoms with Gasteiger partial charge in [-0.3, -0.25) is 0 Å². The number of aromatic nitrogens is 1. The number of nitrogens with two attached hydrogens (primary N) is 1. The van der Waals surface area contributed by atoms with Crippen LogP contribution < -0.4 is 11.1 Å². The van der Waals surface area contributed by atoms with Gasteiger partial charge in [0, 0.05) is 12.6 Å². The lowest BCUT2D eigenvalue weighted by atomic mass is 9.84. The molecule has 3 N–H and O–H groups in total. The van der Waals surface area contributed by atoms with Crippen molar-refractivity contribution < 1.29 is 0 Å². The number of halogens is 1. The van der Waals surface area contributed by atoms with Crippen LogP contribution in [0.3, 0.4) is 0 Å². The largest absolute Gasteiger partial charge is 0.397 e. The first-order valence-electron chi connectivity index (χ1n) is 6.12. The van der Waals surface area contributed by atoms with E-state index in [9.17, 15) is 0 Å². The fourth-order valence-corrected chi connectivity index (χ4v) is 3.09. The van der Waals surface area contributed by atoms with Crippen LogP contribution in [0.4, 0.5) is 11.5 Å². The van der Waals surface area contributed by atoms with Crippen molar-refractivity contribution in [2.45, 2.75) is 18.9 Å². The molecule has 1 aromatic rings. The molecule has 0 amide bonds. The van der Waals surface area contributed by atoms with Crippen LogP contribution in [0.25, 0.3) is 0 Å². The summed E-state index contributed by atoms with van der Waals surface area (Å²) in [4.78, 5) is 6.77. The molecule has 1 atom stereocenters. The van der Waals surface area contributed by atoms with Crippen molar-refractivity contribution in [1.29, 1.82) is 0 Å². The Morgan fingerprint density at radius 3 is 2.76 bits per heavy atom. The average Bonchev–Trinajstić information content (AvgIpc) is 2.34. The smallest absolute Gasteiger partial charge is 0.145 e. The van der Waals surface area contributed by atoms with Gasteiger partial charge in [-0.25, -0.2) is 4.98 Å². The molecule has 0 aromatic carbocycles. The van der Waals surface area contributed by atoms with Crippen molar-refractivity contribution in [1.82, 2.24) is 9.88 Å². The molecule has 4 nitrogen and oxygen atoms in total. The molecule has 2 bridgehead atoms. The zero-order valence-corrected chi connectivity index (χ0v) is 10.5. The van der Waals surface area contributed by atoms with Crippen LogP contribution in [0.15, 0.2) is 12.3 Å². The number of piperidine rings is 3. The molecule has 5 heteroatoms. The second kappa shape index (κ2) is 4.35. The number of fused-ring (bicyclic) bond motifs is 3. The molecule has 3 aliphatic rings. The molecule has 17 heavy (non-hydrogen) atoms. The molecule has 3 saturated heterocycles. The lowest BCUT2D eigenvalue weighted by Gasteiger charge is -2.45. The van der Waals surface area contributed by atoms with E-state index in [4.69, 9.17) is 17.3 Å². The normalized spacial score (nSPS) is 31.5. The third-order valence-corrected chi connectivity index (χ3v) is 4.13. The second-order valence-electron chi connectivity index (χ2n) is 4.99. The highest BCUT2D eigenvalue weighted by atomic mass is 35.5. The van der Waals surface area contributed by atoms with Gasteiger partial charge in [0.2, 0.25) is 0 Å². The van der Waals surface area contributed by atoms with E-state index in [0.29, 0.717) is 16.8 Å². The third-order valence-electron chi connectivity index (χ3n) is 3.84. The number of anilines is 2. The summed E-state index contributed by atoms with van der Waals surface area (Å²) in [6, 6.07) is 2.23. The topological polar surface area (TPSA) is 54.2 Å². The summed E-state index contributed by atoms with van der Waals surface area (Å²) in [5, 5.41) is 4.08. The zero-order chi connectivity index (χ0) is 11.8. The molecule has 3 fully saturated rings. The highest BCUT2D eigenvalue weighted by Crippen LogP contribution is 2.31. The molecule has 1 aromatic heterocycles. The van der Waals surface area contributed by atoms with E-state index in [1.54, 1.807) is 12.3 Å². The van der Waals surface area contributed by atoms with Gasteiger partial charge in [0.05, 0.1) is 16.9 Å². The summed E-state index contributed by atoms with van der Waals surface area (Å²) >= 11 is 6.13. The average molecular weight is 253 g/mol. The molecule has 4 rings (SSSR count). The zero-order valence-electron chi connectivity index (χ0n) is 9.69. The first-order valence-corrected chi connectivity index (χ1v) is 6.50. The Labute approximate surface area is 106 Å². The van der Waals surface area contributed by atoms with Gasteiger partial charge in [0.25, 0.3) is 0 Å².